The molecular formula is C22H35N3O3. The van der Waals surface area contributed by atoms with Gasteiger partial charge in [-0.15, -0.1) is 0 Å². The molecule has 1 aromatic carbocycles. The van der Waals surface area contributed by atoms with Gasteiger partial charge >= 0.3 is 0 Å². The number of carbonyl (C=O) groups is 2. The first-order valence-corrected chi connectivity index (χ1v) is 10.2. The topological polar surface area (TPSA) is 118 Å². The van der Waals surface area contributed by atoms with E-state index in [9.17, 15) is 14.7 Å². The van der Waals surface area contributed by atoms with Crippen molar-refractivity contribution in [3.63, 3.8) is 0 Å². The van der Waals surface area contributed by atoms with E-state index in [4.69, 9.17) is 11.5 Å². The molecule has 5 atom stereocenters. The van der Waals surface area contributed by atoms with Crippen LogP contribution < -0.4 is 16.8 Å². The molecule has 1 fully saturated rings. The van der Waals surface area contributed by atoms with Crippen molar-refractivity contribution in [1.29, 1.82) is 0 Å². The molecule has 156 valence electrons. The van der Waals surface area contributed by atoms with Crippen LogP contribution in [0.15, 0.2) is 30.3 Å². The zero-order chi connectivity index (χ0) is 21.1. The van der Waals surface area contributed by atoms with Gasteiger partial charge in [0.25, 0.3) is 0 Å². The Morgan fingerprint density at radius 3 is 2.36 bits per heavy atom. The lowest BCUT2D eigenvalue weighted by atomic mass is 9.53. The highest BCUT2D eigenvalue weighted by Gasteiger charge is 2.59. The van der Waals surface area contributed by atoms with Gasteiger partial charge in [0.2, 0.25) is 11.8 Å². The summed E-state index contributed by atoms with van der Waals surface area (Å²) in [4.78, 5) is 24.9. The molecule has 2 rings (SSSR count). The van der Waals surface area contributed by atoms with Gasteiger partial charge in [-0.3, -0.25) is 9.59 Å². The number of nitrogens with two attached hydrogens (primary N) is 2. The normalized spacial score (nSPS) is 29.9. The number of hydrogen-bond acceptors (Lipinski definition) is 4. The molecule has 0 bridgehead atoms. The standard InChI is InChI=1S/C22H35N3O3/c1-14(2)21(11-10-15(3)12-22(21,28)20(24)27)13-18(25-19(26)16(4)23)17-8-6-5-7-9-17/h5-9,14-16,18,28H,10-13,23H2,1-4H3,(H2,24,27)(H,25,26)/t15?,16-,18-,21?,22?/m0/s1. The van der Waals surface area contributed by atoms with Crippen molar-refractivity contribution < 1.29 is 14.7 Å². The Balaban J connectivity index is 2.50. The Bertz CT molecular complexity index is 692. The van der Waals surface area contributed by atoms with E-state index in [2.05, 4.69) is 5.32 Å². The fourth-order valence-electron chi connectivity index (χ4n) is 4.74. The first kappa shape index (κ1) is 22.4. The maximum Gasteiger partial charge on any atom is 0.249 e. The van der Waals surface area contributed by atoms with E-state index in [1.807, 2.05) is 51.1 Å². The van der Waals surface area contributed by atoms with Crippen LogP contribution >= 0.6 is 0 Å². The number of rotatable bonds is 7. The van der Waals surface area contributed by atoms with Crippen LogP contribution in [0, 0.1) is 17.3 Å². The van der Waals surface area contributed by atoms with Crippen LogP contribution in [0.25, 0.3) is 0 Å². The van der Waals surface area contributed by atoms with Gasteiger partial charge in [0.1, 0.15) is 5.60 Å². The van der Waals surface area contributed by atoms with Gasteiger partial charge in [0.15, 0.2) is 0 Å². The number of nitrogens with one attached hydrogen (secondary N) is 1. The van der Waals surface area contributed by atoms with Gasteiger partial charge in [-0.25, -0.2) is 0 Å². The third kappa shape index (κ3) is 4.23. The average molecular weight is 390 g/mol. The third-order valence-corrected chi connectivity index (χ3v) is 6.56. The summed E-state index contributed by atoms with van der Waals surface area (Å²) in [5.74, 6) is -0.744. The van der Waals surface area contributed by atoms with Crippen molar-refractivity contribution in [3.8, 4) is 0 Å². The Morgan fingerprint density at radius 1 is 1.25 bits per heavy atom. The Morgan fingerprint density at radius 2 is 1.86 bits per heavy atom. The fraction of sp³-hybridized carbons (Fsp3) is 0.636. The van der Waals surface area contributed by atoms with Gasteiger partial charge < -0.3 is 21.9 Å². The largest absolute Gasteiger partial charge is 0.379 e. The van der Waals surface area contributed by atoms with Crippen LogP contribution in [0.5, 0.6) is 0 Å². The summed E-state index contributed by atoms with van der Waals surface area (Å²) in [6.07, 6.45) is 2.32. The molecule has 1 saturated carbocycles. The average Bonchev–Trinajstić information content (AvgIpc) is 2.63. The van der Waals surface area contributed by atoms with Crippen LogP contribution in [-0.4, -0.2) is 28.6 Å². The molecule has 1 aromatic rings. The summed E-state index contributed by atoms with van der Waals surface area (Å²) in [7, 11) is 0. The summed E-state index contributed by atoms with van der Waals surface area (Å²) in [6.45, 7) is 7.70. The van der Waals surface area contributed by atoms with Crippen LogP contribution in [0.2, 0.25) is 0 Å². The van der Waals surface area contributed by atoms with Crippen LogP contribution in [-0.2, 0) is 9.59 Å². The van der Waals surface area contributed by atoms with Crippen molar-refractivity contribution >= 4 is 11.8 Å². The minimum absolute atomic E-state index is 0.00378. The van der Waals surface area contributed by atoms with Crippen molar-refractivity contribution in [2.75, 3.05) is 0 Å². The number of amides is 2. The third-order valence-electron chi connectivity index (χ3n) is 6.56. The van der Waals surface area contributed by atoms with Gasteiger partial charge in [-0.05, 0) is 50.0 Å². The molecule has 0 radical (unpaired) electrons. The SMILES string of the molecule is CC1CCC(C[C@H](NC(=O)[C@H](C)N)c2ccccc2)(C(C)C)C(O)(C(N)=O)C1. The maximum atomic E-state index is 12.5. The lowest BCUT2D eigenvalue weighted by Gasteiger charge is -2.54. The quantitative estimate of drug-likeness (QED) is 0.572. The second-order valence-electron chi connectivity index (χ2n) is 8.85. The number of carbonyl (C=O) groups excluding carboxylic acids is 2. The van der Waals surface area contributed by atoms with Crippen LogP contribution in [0.4, 0.5) is 0 Å². The lowest BCUT2D eigenvalue weighted by Crippen LogP contribution is -2.63. The van der Waals surface area contributed by atoms with E-state index in [1.165, 1.54) is 0 Å². The minimum atomic E-state index is -1.62. The second kappa shape index (κ2) is 8.62. The highest BCUT2D eigenvalue weighted by molar-refractivity contribution is 5.85. The Kier molecular flexibility index (Phi) is 6.88. The first-order chi connectivity index (χ1) is 13.0. The van der Waals surface area contributed by atoms with Crippen LogP contribution in [0.3, 0.4) is 0 Å². The summed E-state index contributed by atoms with van der Waals surface area (Å²) in [5.41, 5.74) is 10.1. The van der Waals surface area contributed by atoms with Crippen LogP contribution in [0.1, 0.15) is 65.0 Å². The molecule has 3 unspecified atom stereocenters. The molecule has 2 amide bonds. The zero-order valence-electron chi connectivity index (χ0n) is 17.4. The molecule has 6 nitrogen and oxygen atoms in total. The van der Waals surface area contributed by atoms with Gasteiger partial charge in [-0.2, -0.15) is 0 Å². The monoisotopic (exact) mass is 389 g/mol. The predicted octanol–water partition coefficient (Wildman–Crippen LogP) is 2.26. The van der Waals surface area contributed by atoms with Gasteiger partial charge in [0, 0.05) is 5.41 Å². The number of benzene rings is 1. The van der Waals surface area contributed by atoms with Gasteiger partial charge in [-0.1, -0.05) is 51.1 Å². The molecule has 28 heavy (non-hydrogen) atoms. The van der Waals surface area contributed by atoms with E-state index >= 15 is 0 Å². The molecule has 6 heteroatoms. The molecule has 0 spiro atoms. The smallest absolute Gasteiger partial charge is 0.249 e. The van der Waals surface area contributed by atoms with Crippen molar-refractivity contribution in [1.82, 2.24) is 5.32 Å². The van der Waals surface area contributed by atoms with E-state index in [1.54, 1.807) is 6.92 Å². The van der Waals surface area contributed by atoms with E-state index in [0.717, 1.165) is 12.0 Å². The summed E-state index contributed by atoms with van der Waals surface area (Å²) >= 11 is 0. The molecule has 1 aliphatic rings. The van der Waals surface area contributed by atoms with E-state index in [-0.39, 0.29) is 23.8 Å². The molecule has 0 heterocycles. The fourth-order valence-corrected chi connectivity index (χ4v) is 4.74. The summed E-state index contributed by atoms with van der Waals surface area (Å²) in [5, 5.41) is 14.5. The summed E-state index contributed by atoms with van der Waals surface area (Å²) in [6, 6.07) is 8.58. The Labute approximate surface area is 168 Å². The Hall–Kier alpha value is -1.92. The molecule has 1 aliphatic carbocycles. The highest BCUT2D eigenvalue weighted by Crippen LogP contribution is 2.55. The van der Waals surface area contributed by atoms with Crippen molar-refractivity contribution in [2.24, 2.45) is 28.7 Å². The van der Waals surface area contributed by atoms with Gasteiger partial charge in [0.05, 0.1) is 12.1 Å². The van der Waals surface area contributed by atoms with E-state index in [0.29, 0.717) is 19.3 Å². The summed E-state index contributed by atoms with van der Waals surface area (Å²) < 4.78 is 0. The van der Waals surface area contributed by atoms with Crippen molar-refractivity contribution in [2.45, 2.75) is 71.1 Å². The number of aliphatic hydroxyl groups is 1. The van der Waals surface area contributed by atoms with E-state index < -0.39 is 23.0 Å². The number of hydrogen-bond donors (Lipinski definition) is 4. The molecule has 0 saturated heterocycles. The van der Waals surface area contributed by atoms with Crippen molar-refractivity contribution in [3.05, 3.63) is 35.9 Å². The maximum absolute atomic E-state index is 12.5. The molecular weight excluding hydrogens is 354 g/mol. The second-order valence-corrected chi connectivity index (χ2v) is 8.85. The zero-order valence-corrected chi connectivity index (χ0v) is 17.4. The molecule has 0 aromatic heterocycles. The predicted molar refractivity (Wildman–Crippen MR) is 110 cm³/mol. The lowest BCUT2D eigenvalue weighted by molar-refractivity contribution is -0.178. The molecule has 6 N–H and O–H groups in total. The number of primary amides is 1. The molecule has 0 aliphatic heterocycles. The highest BCUT2D eigenvalue weighted by atomic mass is 16.3. The minimum Gasteiger partial charge on any atom is -0.379 e. The first-order valence-electron chi connectivity index (χ1n) is 10.2.